The summed E-state index contributed by atoms with van der Waals surface area (Å²) in [5.74, 6) is -1.29. The molecule has 25 heavy (non-hydrogen) atoms. The van der Waals surface area contributed by atoms with Crippen LogP contribution >= 0.6 is 0 Å². The molecular formula is C19H17F2N3O. The molecule has 4 nitrogen and oxygen atoms in total. The number of nitrogens with zero attached hydrogens (tertiary/aromatic N) is 3. The van der Waals surface area contributed by atoms with E-state index >= 15 is 0 Å². The number of hydrogen-bond acceptors (Lipinski definition) is 4. The highest BCUT2D eigenvalue weighted by molar-refractivity contribution is 5.89. The Bertz CT molecular complexity index is 843. The van der Waals surface area contributed by atoms with Crippen LogP contribution in [-0.4, -0.2) is 18.4 Å². The highest BCUT2D eigenvalue weighted by Crippen LogP contribution is 2.29. The molecule has 2 atom stereocenters. The number of nitriles is 1. The lowest BCUT2D eigenvalue weighted by Crippen LogP contribution is -2.33. The van der Waals surface area contributed by atoms with Gasteiger partial charge in [0, 0.05) is 11.8 Å². The number of ether oxygens (including phenoxy) is 1. The summed E-state index contributed by atoms with van der Waals surface area (Å²) < 4.78 is 32.4. The molecule has 2 unspecified atom stereocenters. The van der Waals surface area contributed by atoms with Crippen LogP contribution in [0.1, 0.15) is 19.4 Å². The molecule has 1 heterocycles. The van der Waals surface area contributed by atoms with Crippen molar-refractivity contribution in [2.45, 2.75) is 19.9 Å². The van der Waals surface area contributed by atoms with Gasteiger partial charge in [-0.3, -0.25) is 5.01 Å². The van der Waals surface area contributed by atoms with Gasteiger partial charge in [-0.05, 0) is 50.2 Å². The molecule has 0 amide bonds. The molecule has 0 radical (unpaired) electrons. The van der Waals surface area contributed by atoms with E-state index in [1.165, 1.54) is 0 Å². The number of anilines is 1. The Balaban J connectivity index is 1.72. The van der Waals surface area contributed by atoms with E-state index in [1.54, 1.807) is 12.1 Å². The van der Waals surface area contributed by atoms with E-state index in [1.807, 2.05) is 31.0 Å². The van der Waals surface area contributed by atoms with Crippen molar-refractivity contribution in [3.05, 3.63) is 59.7 Å². The van der Waals surface area contributed by atoms with Crippen LogP contribution < -0.4 is 9.75 Å². The van der Waals surface area contributed by atoms with Crippen LogP contribution in [0.3, 0.4) is 0 Å². The van der Waals surface area contributed by atoms with Crippen molar-refractivity contribution in [2.24, 2.45) is 11.0 Å². The molecular weight excluding hydrogens is 324 g/mol. The first-order valence-electron chi connectivity index (χ1n) is 7.92. The standard InChI is InChI=1S/C19H17F2N3O/c1-12-17(11-25-19-9-15(20)5-8-18(19)21)13(2)24(23-12)16-6-3-14(10-22)4-7-16/h3-9,13,17H,11H2,1-2H3. The molecule has 2 aromatic rings. The predicted octanol–water partition coefficient (Wildman–Crippen LogP) is 4.12. The molecule has 6 heteroatoms. The van der Waals surface area contributed by atoms with Gasteiger partial charge in [0.15, 0.2) is 11.6 Å². The van der Waals surface area contributed by atoms with Gasteiger partial charge in [0.1, 0.15) is 5.82 Å². The van der Waals surface area contributed by atoms with Crippen molar-refractivity contribution in [1.29, 1.82) is 5.26 Å². The molecule has 0 N–H and O–H groups in total. The maximum atomic E-state index is 13.7. The molecule has 0 fully saturated rings. The van der Waals surface area contributed by atoms with Crippen LogP contribution in [0.5, 0.6) is 5.75 Å². The van der Waals surface area contributed by atoms with Crippen LogP contribution in [0.2, 0.25) is 0 Å². The summed E-state index contributed by atoms with van der Waals surface area (Å²) in [6, 6.07) is 12.4. The van der Waals surface area contributed by atoms with Crippen LogP contribution in [0.4, 0.5) is 14.5 Å². The number of halogens is 2. The summed E-state index contributed by atoms with van der Waals surface area (Å²) >= 11 is 0. The molecule has 0 aliphatic carbocycles. The molecule has 3 rings (SSSR count). The van der Waals surface area contributed by atoms with Crippen molar-refractivity contribution < 1.29 is 13.5 Å². The third-order valence-electron chi connectivity index (χ3n) is 4.34. The average Bonchev–Trinajstić information content (AvgIpc) is 2.90. The SMILES string of the molecule is CC1=NN(c2ccc(C#N)cc2)C(C)C1COc1cc(F)ccc1F. The molecule has 128 valence electrons. The minimum Gasteiger partial charge on any atom is -0.490 e. The van der Waals surface area contributed by atoms with Crippen molar-refractivity contribution in [2.75, 3.05) is 11.6 Å². The lowest BCUT2D eigenvalue weighted by Gasteiger charge is -2.24. The summed E-state index contributed by atoms with van der Waals surface area (Å²) in [6.45, 7) is 4.08. The number of benzene rings is 2. The van der Waals surface area contributed by atoms with Crippen molar-refractivity contribution in [3.63, 3.8) is 0 Å². The van der Waals surface area contributed by atoms with E-state index in [4.69, 9.17) is 10.00 Å². The molecule has 0 bridgehead atoms. The zero-order chi connectivity index (χ0) is 18.0. The first-order chi connectivity index (χ1) is 12.0. The van der Waals surface area contributed by atoms with E-state index in [-0.39, 0.29) is 24.3 Å². The largest absolute Gasteiger partial charge is 0.490 e. The van der Waals surface area contributed by atoms with Crippen molar-refractivity contribution in [1.82, 2.24) is 0 Å². The number of hydrazone groups is 1. The minimum atomic E-state index is -0.592. The normalized spacial score (nSPS) is 19.5. The van der Waals surface area contributed by atoms with Gasteiger partial charge in [0.25, 0.3) is 0 Å². The van der Waals surface area contributed by atoms with Gasteiger partial charge in [-0.1, -0.05) is 0 Å². The van der Waals surface area contributed by atoms with E-state index in [9.17, 15) is 8.78 Å². The number of hydrogen-bond donors (Lipinski definition) is 0. The van der Waals surface area contributed by atoms with Crippen LogP contribution in [0, 0.1) is 28.9 Å². The van der Waals surface area contributed by atoms with E-state index in [2.05, 4.69) is 11.2 Å². The highest BCUT2D eigenvalue weighted by atomic mass is 19.1. The monoisotopic (exact) mass is 341 g/mol. The Morgan fingerprint density at radius 1 is 1.20 bits per heavy atom. The third-order valence-corrected chi connectivity index (χ3v) is 4.34. The Kier molecular flexibility index (Phi) is 4.66. The first kappa shape index (κ1) is 16.9. The fourth-order valence-electron chi connectivity index (χ4n) is 2.86. The fraction of sp³-hybridized carbons (Fsp3) is 0.263. The Hall–Kier alpha value is -2.94. The van der Waals surface area contributed by atoms with Gasteiger partial charge in [-0.15, -0.1) is 0 Å². The predicted molar refractivity (Wildman–Crippen MR) is 91.6 cm³/mol. The summed E-state index contributed by atoms with van der Waals surface area (Å²) in [4.78, 5) is 0. The second kappa shape index (κ2) is 6.89. The van der Waals surface area contributed by atoms with Crippen LogP contribution in [0.15, 0.2) is 47.6 Å². The summed E-state index contributed by atoms with van der Waals surface area (Å²) in [5.41, 5.74) is 2.30. The fourth-order valence-corrected chi connectivity index (χ4v) is 2.86. The zero-order valence-corrected chi connectivity index (χ0v) is 13.9. The van der Waals surface area contributed by atoms with Gasteiger partial charge >= 0.3 is 0 Å². The Labute approximate surface area is 144 Å². The van der Waals surface area contributed by atoms with E-state index in [0.29, 0.717) is 5.56 Å². The smallest absolute Gasteiger partial charge is 0.165 e. The Morgan fingerprint density at radius 3 is 2.60 bits per heavy atom. The minimum absolute atomic E-state index is 0.00967. The second-order valence-corrected chi connectivity index (χ2v) is 5.98. The van der Waals surface area contributed by atoms with Crippen LogP contribution in [0.25, 0.3) is 0 Å². The van der Waals surface area contributed by atoms with E-state index in [0.717, 1.165) is 29.6 Å². The molecule has 0 saturated heterocycles. The van der Waals surface area contributed by atoms with Crippen molar-refractivity contribution >= 4 is 11.4 Å². The Morgan fingerprint density at radius 2 is 1.92 bits per heavy atom. The first-order valence-corrected chi connectivity index (χ1v) is 7.92. The molecule has 1 aliphatic rings. The average molecular weight is 341 g/mol. The van der Waals surface area contributed by atoms with Gasteiger partial charge in [0.05, 0.1) is 35.9 Å². The summed E-state index contributed by atoms with van der Waals surface area (Å²) in [6.07, 6.45) is 0. The topological polar surface area (TPSA) is 48.6 Å². The third kappa shape index (κ3) is 3.45. The van der Waals surface area contributed by atoms with Gasteiger partial charge in [-0.25, -0.2) is 8.78 Å². The number of rotatable bonds is 4. The molecule has 1 aliphatic heterocycles. The second-order valence-electron chi connectivity index (χ2n) is 5.98. The maximum absolute atomic E-state index is 13.7. The van der Waals surface area contributed by atoms with Gasteiger partial charge < -0.3 is 4.74 Å². The summed E-state index contributed by atoms with van der Waals surface area (Å²) in [7, 11) is 0. The highest BCUT2D eigenvalue weighted by Gasteiger charge is 2.33. The molecule has 0 saturated carbocycles. The van der Waals surface area contributed by atoms with Crippen molar-refractivity contribution in [3.8, 4) is 11.8 Å². The van der Waals surface area contributed by atoms with Crippen LogP contribution in [-0.2, 0) is 0 Å². The lowest BCUT2D eigenvalue weighted by atomic mass is 9.98. The van der Waals surface area contributed by atoms with E-state index < -0.39 is 11.6 Å². The van der Waals surface area contributed by atoms with Gasteiger partial charge in [0.2, 0.25) is 0 Å². The molecule has 0 aromatic heterocycles. The molecule has 0 spiro atoms. The van der Waals surface area contributed by atoms with Gasteiger partial charge in [-0.2, -0.15) is 10.4 Å². The maximum Gasteiger partial charge on any atom is 0.165 e. The zero-order valence-electron chi connectivity index (χ0n) is 13.9. The molecule has 2 aromatic carbocycles. The quantitative estimate of drug-likeness (QED) is 0.841. The summed E-state index contributed by atoms with van der Waals surface area (Å²) in [5, 5.41) is 15.3. The lowest BCUT2D eigenvalue weighted by molar-refractivity contribution is 0.260.